The van der Waals surface area contributed by atoms with Gasteiger partial charge in [0.15, 0.2) is 0 Å². The van der Waals surface area contributed by atoms with Crippen molar-refractivity contribution in [3.8, 4) is 0 Å². The average molecular weight is 417 g/mol. The Balaban J connectivity index is 1.32. The maximum absolute atomic E-state index is 12.7. The molecule has 0 saturated carbocycles. The van der Waals surface area contributed by atoms with Crippen molar-refractivity contribution in [2.24, 2.45) is 5.92 Å². The van der Waals surface area contributed by atoms with E-state index in [4.69, 9.17) is 4.42 Å². The van der Waals surface area contributed by atoms with Gasteiger partial charge in [0.05, 0.1) is 11.6 Å². The first-order chi connectivity index (χ1) is 14.3. The molecule has 2 aromatic heterocycles. The number of alkyl halides is 3. The Kier molecular flexibility index (Phi) is 5.40. The monoisotopic (exact) mass is 417 g/mol. The van der Waals surface area contributed by atoms with Crippen LogP contribution in [-0.2, 0) is 11.0 Å². The molecular formula is C22H22F3N3O2. The van der Waals surface area contributed by atoms with Crippen molar-refractivity contribution in [2.45, 2.75) is 32.0 Å². The predicted octanol–water partition coefficient (Wildman–Crippen LogP) is 4.94. The Labute approximate surface area is 171 Å². The van der Waals surface area contributed by atoms with Gasteiger partial charge in [-0.05, 0) is 44.0 Å². The molecule has 0 unspecified atom stereocenters. The van der Waals surface area contributed by atoms with Crippen LogP contribution in [0.25, 0.3) is 11.0 Å². The summed E-state index contributed by atoms with van der Waals surface area (Å²) in [6.07, 6.45) is -2.32. The highest BCUT2D eigenvalue weighted by Gasteiger charge is 2.31. The highest BCUT2D eigenvalue weighted by molar-refractivity contribution is 5.80. The molecule has 1 amide bonds. The third kappa shape index (κ3) is 4.27. The van der Waals surface area contributed by atoms with Crippen LogP contribution in [0.15, 0.2) is 53.1 Å². The van der Waals surface area contributed by atoms with Crippen molar-refractivity contribution in [1.82, 2.24) is 10.3 Å². The van der Waals surface area contributed by atoms with E-state index in [0.29, 0.717) is 37.5 Å². The highest BCUT2D eigenvalue weighted by Crippen LogP contribution is 2.30. The molecule has 0 bridgehead atoms. The van der Waals surface area contributed by atoms with Crippen LogP contribution in [0, 0.1) is 5.92 Å². The van der Waals surface area contributed by atoms with E-state index < -0.39 is 11.7 Å². The van der Waals surface area contributed by atoms with Crippen molar-refractivity contribution < 1.29 is 22.4 Å². The average Bonchev–Trinajstić information content (AvgIpc) is 3.18. The number of fused-ring (bicyclic) bond motifs is 1. The molecule has 0 spiro atoms. The van der Waals surface area contributed by atoms with E-state index in [1.165, 1.54) is 6.07 Å². The number of furan rings is 1. The number of benzene rings is 1. The summed E-state index contributed by atoms with van der Waals surface area (Å²) in [5, 5.41) is 4.01. The first-order valence-corrected chi connectivity index (χ1v) is 9.88. The normalized spacial score (nSPS) is 16.6. The predicted molar refractivity (Wildman–Crippen MR) is 107 cm³/mol. The molecule has 1 aromatic carbocycles. The first kappa shape index (κ1) is 20.3. The minimum Gasteiger partial charge on any atom is -0.459 e. The summed E-state index contributed by atoms with van der Waals surface area (Å²) < 4.78 is 43.9. The third-order valence-corrected chi connectivity index (χ3v) is 5.50. The molecule has 158 valence electrons. The SMILES string of the molecule is C[C@@H](NC(=O)C1CCN(c2ccc(C(F)(F)F)cn2)CC1)c1cc2ccccc2o1. The third-order valence-electron chi connectivity index (χ3n) is 5.50. The van der Waals surface area contributed by atoms with Gasteiger partial charge in [0, 0.05) is 30.6 Å². The van der Waals surface area contributed by atoms with E-state index in [-0.39, 0.29) is 17.9 Å². The zero-order valence-corrected chi connectivity index (χ0v) is 16.4. The molecule has 4 rings (SSSR count). The Hall–Kier alpha value is -3.03. The van der Waals surface area contributed by atoms with Crippen LogP contribution in [0.2, 0.25) is 0 Å². The number of hydrogen-bond acceptors (Lipinski definition) is 4. The van der Waals surface area contributed by atoms with Gasteiger partial charge in [-0.3, -0.25) is 4.79 Å². The number of halogens is 3. The van der Waals surface area contributed by atoms with Crippen molar-refractivity contribution in [1.29, 1.82) is 0 Å². The van der Waals surface area contributed by atoms with Crippen LogP contribution in [0.4, 0.5) is 19.0 Å². The van der Waals surface area contributed by atoms with Crippen LogP contribution < -0.4 is 10.2 Å². The summed E-state index contributed by atoms with van der Waals surface area (Å²) in [5.41, 5.74) is 0.0195. The van der Waals surface area contributed by atoms with Crippen molar-refractivity contribution >= 4 is 22.7 Å². The molecule has 1 aliphatic heterocycles. The topological polar surface area (TPSA) is 58.4 Å². The molecule has 1 aliphatic rings. The molecule has 1 atom stereocenters. The number of anilines is 1. The molecule has 8 heteroatoms. The largest absolute Gasteiger partial charge is 0.459 e. The van der Waals surface area contributed by atoms with Crippen molar-refractivity contribution in [3.63, 3.8) is 0 Å². The fourth-order valence-corrected chi connectivity index (χ4v) is 3.73. The van der Waals surface area contributed by atoms with Gasteiger partial charge in [-0.2, -0.15) is 13.2 Å². The summed E-state index contributed by atoms with van der Waals surface area (Å²) in [5.74, 6) is 1.01. The highest BCUT2D eigenvalue weighted by atomic mass is 19.4. The smallest absolute Gasteiger partial charge is 0.417 e. The zero-order chi connectivity index (χ0) is 21.3. The Morgan fingerprint density at radius 1 is 1.20 bits per heavy atom. The summed E-state index contributed by atoms with van der Waals surface area (Å²) in [7, 11) is 0. The second-order valence-corrected chi connectivity index (χ2v) is 7.58. The van der Waals surface area contributed by atoms with Crippen molar-refractivity contribution in [2.75, 3.05) is 18.0 Å². The lowest BCUT2D eigenvalue weighted by molar-refractivity contribution is -0.137. The number of nitrogens with one attached hydrogen (secondary N) is 1. The molecule has 5 nitrogen and oxygen atoms in total. The number of rotatable bonds is 4. The standard InChI is InChI=1S/C22H22F3N3O2/c1-14(19-12-16-4-2-3-5-18(16)30-19)27-21(29)15-8-10-28(11-9-15)20-7-6-17(13-26-20)22(23,24)25/h2-7,12-15H,8-11H2,1H3,(H,27,29)/t14-/m1/s1. The first-order valence-electron chi connectivity index (χ1n) is 9.88. The van der Waals surface area contributed by atoms with Gasteiger partial charge in [-0.15, -0.1) is 0 Å². The van der Waals surface area contributed by atoms with Gasteiger partial charge in [0.1, 0.15) is 17.2 Å². The molecule has 30 heavy (non-hydrogen) atoms. The van der Waals surface area contributed by atoms with E-state index in [1.54, 1.807) is 0 Å². The number of hydrogen-bond donors (Lipinski definition) is 1. The quantitative estimate of drug-likeness (QED) is 0.653. The van der Waals surface area contributed by atoms with Crippen LogP contribution in [0.1, 0.15) is 37.1 Å². The molecule has 0 radical (unpaired) electrons. The maximum atomic E-state index is 12.7. The maximum Gasteiger partial charge on any atom is 0.417 e. The lowest BCUT2D eigenvalue weighted by atomic mass is 9.95. The molecule has 3 aromatic rings. The van der Waals surface area contributed by atoms with Crippen molar-refractivity contribution in [3.05, 3.63) is 60.0 Å². The number of amides is 1. The number of para-hydroxylation sites is 1. The van der Waals surface area contributed by atoms with Gasteiger partial charge in [0.2, 0.25) is 5.91 Å². The number of piperidine rings is 1. The molecule has 0 aliphatic carbocycles. The Morgan fingerprint density at radius 2 is 1.93 bits per heavy atom. The van der Waals surface area contributed by atoms with E-state index in [9.17, 15) is 18.0 Å². The minimum absolute atomic E-state index is 0.0389. The lowest BCUT2D eigenvalue weighted by Crippen LogP contribution is -2.41. The fourth-order valence-electron chi connectivity index (χ4n) is 3.73. The van der Waals surface area contributed by atoms with E-state index >= 15 is 0 Å². The van der Waals surface area contributed by atoms with E-state index in [2.05, 4.69) is 10.3 Å². The number of nitrogens with zero attached hydrogens (tertiary/aromatic N) is 2. The van der Waals surface area contributed by atoms with Crippen LogP contribution in [0.5, 0.6) is 0 Å². The second-order valence-electron chi connectivity index (χ2n) is 7.58. The Bertz CT molecular complexity index is 989. The van der Waals surface area contributed by atoms with Crippen LogP contribution in [-0.4, -0.2) is 24.0 Å². The molecule has 1 fully saturated rings. The number of pyridine rings is 1. The fraction of sp³-hybridized carbons (Fsp3) is 0.364. The molecule has 1 N–H and O–H groups in total. The van der Waals surface area contributed by atoms with Crippen LogP contribution in [0.3, 0.4) is 0 Å². The summed E-state index contributed by atoms with van der Waals surface area (Å²) >= 11 is 0. The minimum atomic E-state index is -4.40. The summed E-state index contributed by atoms with van der Waals surface area (Å²) in [4.78, 5) is 18.5. The molecule has 3 heterocycles. The summed E-state index contributed by atoms with van der Waals surface area (Å²) in [6.45, 7) is 3.02. The Morgan fingerprint density at radius 3 is 2.57 bits per heavy atom. The summed E-state index contributed by atoms with van der Waals surface area (Å²) in [6, 6.07) is 11.8. The van der Waals surface area contributed by atoms with E-state index in [1.807, 2.05) is 42.2 Å². The van der Waals surface area contributed by atoms with Gasteiger partial charge in [0.25, 0.3) is 0 Å². The van der Waals surface area contributed by atoms with Gasteiger partial charge in [-0.25, -0.2) is 4.98 Å². The lowest BCUT2D eigenvalue weighted by Gasteiger charge is -2.32. The number of carbonyl (C=O) groups is 1. The van der Waals surface area contributed by atoms with Gasteiger partial charge >= 0.3 is 6.18 Å². The van der Waals surface area contributed by atoms with Crippen LogP contribution >= 0.6 is 0 Å². The zero-order valence-electron chi connectivity index (χ0n) is 16.4. The molecule has 1 saturated heterocycles. The van der Waals surface area contributed by atoms with Gasteiger partial charge in [-0.1, -0.05) is 18.2 Å². The van der Waals surface area contributed by atoms with E-state index in [0.717, 1.165) is 23.2 Å². The van der Waals surface area contributed by atoms with Gasteiger partial charge < -0.3 is 14.6 Å². The number of aromatic nitrogens is 1. The molecular weight excluding hydrogens is 395 g/mol. The second kappa shape index (κ2) is 8.01. The number of carbonyl (C=O) groups excluding carboxylic acids is 1.